The first-order valence-electron chi connectivity index (χ1n) is 19.6. The highest BCUT2D eigenvalue weighted by atomic mass is 32.3. The van der Waals surface area contributed by atoms with E-state index in [2.05, 4.69) is 0 Å². The number of ether oxygens (including phenoxy) is 6. The average Bonchev–Trinajstić information content (AvgIpc) is 4.03. The second-order valence-corrected chi connectivity index (χ2v) is 17.4. The largest absolute Gasteiger partial charge is 0.497 e. The number of carbonyl (C=O) groups is 6. The van der Waals surface area contributed by atoms with E-state index in [4.69, 9.17) is 28.4 Å². The van der Waals surface area contributed by atoms with Crippen LogP contribution in [-0.2, 0) is 49.3 Å². The maximum absolute atomic E-state index is 14.5. The van der Waals surface area contributed by atoms with E-state index in [1.165, 1.54) is 6.92 Å². The smallest absolute Gasteiger partial charge is 0.419 e. The second-order valence-electron chi connectivity index (χ2n) is 14.5. The van der Waals surface area contributed by atoms with Gasteiger partial charge in [-0.1, -0.05) is 88.9 Å². The van der Waals surface area contributed by atoms with E-state index < -0.39 is 64.2 Å². The fourth-order valence-electron chi connectivity index (χ4n) is 7.06. The summed E-state index contributed by atoms with van der Waals surface area (Å²) in [6, 6.07) is 39.4. The summed E-state index contributed by atoms with van der Waals surface area (Å²) >= 11 is 0. The topological polar surface area (TPSA) is 161 Å². The van der Waals surface area contributed by atoms with Gasteiger partial charge in [0.2, 0.25) is 12.7 Å². The lowest BCUT2D eigenvalue weighted by Gasteiger charge is -2.38. The normalized spacial score (nSPS) is 13.5. The Morgan fingerprint density at radius 2 is 1.33 bits per heavy atom. The molecule has 1 unspecified atom stereocenters. The van der Waals surface area contributed by atoms with Crippen molar-refractivity contribution in [1.82, 2.24) is 4.90 Å². The molecule has 1 atom stereocenters. The molecule has 5 aromatic carbocycles. The van der Waals surface area contributed by atoms with Crippen LogP contribution in [0.25, 0.3) is 10.8 Å². The van der Waals surface area contributed by atoms with Crippen LogP contribution in [-0.4, -0.2) is 80.4 Å². The number of carbonyl (C=O) groups excluding carboxylic acids is 6. The molecule has 1 fully saturated rings. The van der Waals surface area contributed by atoms with Crippen molar-refractivity contribution in [2.45, 2.75) is 59.8 Å². The van der Waals surface area contributed by atoms with E-state index in [1.54, 1.807) is 7.11 Å². The molecule has 1 aliphatic carbocycles. The monoisotopic (exact) mass is 849 g/mol. The summed E-state index contributed by atoms with van der Waals surface area (Å²) in [6.45, 7) is -0.0442. The highest BCUT2D eigenvalue weighted by Gasteiger charge is 2.47. The van der Waals surface area contributed by atoms with Crippen molar-refractivity contribution in [1.29, 1.82) is 0 Å². The van der Waals surface area contributed by atoms with Gasteiger partial charge in [-0.25, -0.2) is 14.5 Å². The Hall–Kier alpha value is -6.67. The van der Waals surface area contributed by atoms with E-state index in [1.807, 2.05) is 127 Å². The van der Waals surface area contributed by atoms with Crippen molar-refractivity contribution in [3.8, 4) is 5.75 Å². The number of imide groups is 1. The third kappa shape index (κ3) is 10.9. The number of rotatable bonds is 19. The lowest BCUT2D eigenvalue weighted by Crippen LogP contribution is -2.37. The van der Waals surface area contributed by atoms with E-state index in [9.17, 15) is 28.8 Å². The van der Waals surface area contributed by atoms with Crippen LogP contribution in [0.15, 0.2) is 142 Å². The predicted octanol–water partition coefficient (Wildman–Crippen LogP) is 8.64. The van der Waals surface area contributed by atoms with Gasteiger partial charge in [0.05, 0.1) is 20.0 Å². The lowest BCUT2D eigenvalue weighted by atomic mass is 9.98. The maximum atomic E-state index is 14.5. The third-order valence-electron chi connectivity index (χ3n) is 10.4. The predicted molar refractivity (Wildman–Crippen MR) is 225 cm³/mol. The summed E-state index contributed by atoms with van der Waals surface area (Å²) in [5.41, 5.74) is 0.140. The van der Waals surface area contributed by atoms with Crippen molar-refractivity contribution in [2.75, 3.05) is 33.7 Å². The van der Waals surface area contributed by atoms with Crippen LogP contribution in [0.4, 0.5) is 9.59 Å². The van der Waals surface area contributed by atoms with Crippen LogP contribution in [0.2, 0.25) is 0 Å². The van der Waals surface area contributed by atoms with Gasteiger partial charge in [-0.2, -0.15) is 0 Å². The first-order chi connectivity index (χ1) is 29.6. The molecule has 0 saturated heterocycles. The summed E-state index contributed by atoms with van der Waals surface area (Å²) in [6.07, 6.45) is -1.05. The van der Waals surface area contributed by atoms with Gasteiger partial charge >= 0.3 is 23.3 Å². The molecule has 1 saturated carbocycles. The first-order valence-corrected chi connectivity index (χ1v) is 21.3. The molecule has 0 radical (unpaired) electrons. The van der Waals surface area contributed by atoms with Crippen LogP contribution in [0.5, 0.6) is 5.75 Å². The number of fused-ring (bicyclic) bond motifs is 1. The van der Waals surface area contributed by atoms with E-state index in [-0.39, 0.29) is 32.5 Å². The van der Waals surface area contributed by atoms with E-state index in [0.717, 1.165) is 35.9 Å². The summed E-state index contributed by atoms with van der Waals surface area (Å²) in [7, 11) is -1.08. The Morgan fingerprint density at radius 3 is 1.89 bits per heavy atom. The molecular weight excluding hydrogens is 803 g/mol. The van der Waals surface area contributed by atoms with Crippen molar-refractivity contribution < 1.29 is 57.2 Å². The van der Waals surface area contributed by atoms with E-state index >= 15 is 0 Å². The van der Waals surface area contributed by atoms with Gasteiger partial charge in [-0.15, -0.1) is 0 Å². The molecule has 318 valence electrons. The van der Waals surface area contributed by atoms with Gasteiger partial charge < -0.3 is 28.4 Å². The van der Waals surface area contributed by atoms with Gasteiger partial charge in [0.15, 0.2) is 6.10 Å². The Morgan fingerprint density at radius 1 is 0.721 bits per heavy atom. The van der Waals surface area contributed by atoms with Gasteiger partial charge in [0.1, 0.15) is 19.0 Å². The summed E-state index contributed by atoms with van der Waals surface area (Å²) in [5, 5.41) is 1.35. The fourth-order valence-corrected chi connectivity index (χ4v) is 10.4. The first kappa shape index (κ1) is 43.9. The summed E-state index contributed by atoms with van der Waals surface area (Å²) < 4.78 is 32.3. The quantitative estimate of drug-likeness (QED) is 0.0337. The van der Waals surface area contributed by atoms with Crippen LogP contribution < -0.4 is 4.74 Å². The van der Waals surface area contributed by atoms with Gasteiger partial charge in [0, 0.05) is 28.2 Å². The number of methoxy groups -OCH3 is 1. The zero-order valence-corrected chi connectivity index (χ0v) is 34.7. The highest BCUT2D eigenvalue weighted by Crippen LogP contribution is 2.69. The Bertz CT molecular complexity index is 2220. The van der Waals surface area contributed by atoms with Gasteiger partial charge in [-0.05, 0) is 89.5 Å². The number of esters is 2. The summed E-state index contributed by atoms with van der Waals surface area (Å²) in [5.74, 6) is -1.27. The molecule has 0 heterocycles. The molecule has 0 spiro atoms. The van der Waals surface area contributed by atoms with Crippen LogP contribution in [0.3, 0.4) is 0 Å². The molecule has 5 aromatic rings. The third-order valence-corrected chi connectivity index (χ3v) is 13.9. The zero-order chi connectivity index (χ0) is 43.2. The Labute approximate surface area is 355 Å². The molecule has 2 amide bonds. The van der Waals surface area contributed by atoms with Crippen LogP contribution >= 0.6 is 10.0 Å². The standard InChI is InChI=1S/C47H47NO12S/c1-34(50)48(26-23-36-14-12-13-35-21-22-37(55-2)27-42(35)36)45(53)59-33-58-43(51)28-47(24-25-47)29-44(52)60-38(30-56-32-49)31-57-46(54)61(39-15-6-3-7-16-39,40-17-8-4-9-18-40)41-19-10-5-11-20-41/h3-22,27,32,38H,23-26,28-31,33H2,1-2H3. The highest BCUT2D eigenvalue weighted by molar-refractivity contribution is 8.45. The average molecular weight is 850 g/mol. The summed E-state index contributed by atoms with van der Waals surface area (Å²) in [4.78, 5) is 80.3. The molecule has 1 aliphatic rings. The lowest BCUT2D eigenvalue weighted by molar-refractivity contribution is -0.160. The molecule has 0 aromatic heterocycles. The Kier molecular flexibility index (Phi) is 14.8. The van der Waals surface area contributed by atoms with Crippen molar-refractivity contribution >= 4 is 56.5 Å². The number of benzene rings is 5. The van der Waals surface area contributed by atoms with Crippen LogP contribution in [0.1, 0.15) is 38.2 Å². The zero-order valence-electron chi connectivity index (χ0n) is 33.9. The number of amides is 2. The van der Waals surface area contributed by atoms with Gasteiger partial charge in [0.25, 0.3) is 6.47 Å². The maximum Gasteiger partial charge on any atom is 0.419 e. The molecule has 14 heteroatoms. The molecular formula is C47H47NO12S. The molecule has 0 N–H and O–H groups in total. The molecule has 0 bridgehead atoms. The second kappa shape index (κ2) is 20.5. The van der Waals surface area contributed by atoms with E-state index in [0.29, 0.717) is 25.0 Å². The molecule has 0 aliphatic heterocycles. The SMILES string of the molecule is COc1ccc2cccc(CCN(C(C)=O)C(=O)OCOC(=O)CC3(CC(=O)OC(COC=O)COC(=O)S(c4ccccc4)(c4ccccc4)c4ccccc4)CC3)c2c1. The van der Waals surface area contributed by atoms with Crippen molar-refractivity contribution in [2.24, 2.45) is 5.41 Å². The fraction of sp³-hybridized carbons (Fsp3) is 0.277. The molecule has 13 nitrogen and oxygen atoms in total. The van der Waals surface area contributed by atoms with Crippen LogP contribution in [0, 0.1) is 5.41 Å². The number of hydrogen-bond acceptors (Lipinski definition) is 12. The Balaban J connectivity index is 1.03. The van der Waals surface area contributed by atoms with Crippen molar-refractivity contribution in [3.05, 3.63) is 133 Å². The van der Waals surface area contributed by atoms with Crippen molar-refractivity contribution in [3.63, 3.8) is 0 Å². The number of nitrogens with zero attached hydrogens (tertiary/aromatic N) is 1. The van der Waals surface area contributed by atoms with Gasteiger partial charge in [-0.3, -0.25) is 19.2 Å². The molecule has 61 heavy (non-hydrogen) atoms. The number of hydrogen-bond donors (Lipinski definition) is 0. The minimum atomic E-state index is -2.65. The minimum absolute atomic E-state index is 0.0247. The molecule has 6 rings (SSSR count). The minimum Gasteiger partial charge on any atom is -0.497 e.